The number of aromatic amines is 1. The number of anilines is 2. The molecule has 2 aliphatic rings. The first-order chi connectivity index (χ1) is 17.9. The summed E-state index contributed by atoms with van der Waals surface area (Å²) in [6, 6.07) is 7.31. The molecule has 1 fully saturated rings. The Balaban J connectivity index is 1.62. The second-order valence-corrected chi connectivity index (χ2v) is 9.91. The molecular formula is C27H31ClN4O5. The fourth-order valence-corrected chi connectivity index (χ4v) is 5.00. The van der Waals surface area contributed by atoms with Gasteiger partial charge in [-0.25, -0.2) is 0 Å². The number of nitrogens with one attached hydrogen (secondary N) is 3. The number of hydrogen-bond donors (Lipinski definition) is 3. The van der Waals surface area contributed by atoms with E-state index in [1.165, 1.54) is 0 Å². The first kappa shape index (κ1) is 25.4. The lowest BCUT2D eigenvalue weighted by Gasteiger charge is -2.38. The van der Waals surface area contributed by atoms with E-state index < -0.39 is 0 Å². The second-order valence-electron chi connectivity index (χ2n) is 9.51. The van der Waals surface area contributed by atoms with Crippen molar-refractivity contribution >= 4 is 28.9 Å². The van der Waals surface area contributed by atoms with Gasteiger partial charge in [-0.3, -0.25) is 9.78 Å². The number of ether oxygens (including phenoxy) is 4. The molecule has 2 aromatic heterocycles. The van der Waals surface area contributed by atoms with Crippen LogP contribution in [0.3, 0.4) is 0 Å². The van der Waals surface area contributed by atoms with E-state index in [-0.39, 0.29) is 17.4 Å². The molecule has 1 amide bonds. The number of rotatable bonds is 10. The van der Waals surface area contributed by atoms with E-state index in [9.17, 15) is 4.79 Å². The highest BCUT2D eigenvalue weighted by molar-refractivity contribution is 6.32. The largest absolute Gasteiger partial charge is 0.493 e. The summed E-state index contributed by atoms with van der Waals surface area (Å²) < 4.78 is 22.8. The topological polar surface area (TPSA) is 107 Å². The zero-order chi connectivity index (χ0) is 26.0. The molecule has 3 N–H and O–H groups in total. The van der Waals surface area contributed by atoms with Crippen molar-refractivity contribution in [3.63, 3.8) is 0 Å². The average molecular weight is 527 g/mol. The molecule has 0 spiro atoms. The van der Waals surface area contributed by atoms with Crippen molar-refractivity contribution in [2.24, 2.45) is 0 Å². The smallest absolute Gasteiger partial charge is 0.255 e. The van der Waals surface area contributed by atoms with Crippen LogP contribution in [-0.4, -0.2) is 62.1 Å². The highest BCUT2D eigenvalue weighted by atomic mass is 35.5. The number of para-hydroxylation sites is 1. The van der Waals surface area contributed by atoms with Gasteiger partial charge in [-0.15, -0.1) is 0 Å². The highest BCUT2D eigenvalue weighted by Crippen LogP contribution is 2.45. The molecule has 3 aromatic rings. The van der Waals surface area contributed by atoms with Gasteiger partial charge in [0.1, 0.15) is 18.0 Å². The Labute approximate surface area is 220 Å². The van der Waals surface area contributed by atoms with Gasteiger partial charge in [0, 0.05) is 50.1 Å². The van der Waals surface area contributed by atoms with Crippen molar-refractivity contribution in [2.45, 2.75) is 31.3 Å². The fraction of sp³-hybridized carbons (Fsp3) is 0.407. The molecule has 4 heterocycles. The summed E-state index contributed by atoms with van der Waals surface area (Å²) in [6.07, 6.45) is 5.07. The van der Waals surface area contributed by atoms with Crippen LogP contribution >= 0.6 is 11.6 Å². The van der Waals surface area contributed by atoms with E-state index >= 15 is 0 Å². The Morgan fingerprint density at radius 1 is 1.30 bits per heavy atom. The average Bonchev–Trinajstić information content (AvgIpc) is 3.26. The number of benzene rings is 1. The minimum Gasteiger partial charge on any atom is -0.493 e. The number of pyridine rings is 1. The van der Waals surface area contributed by atoms with Crippen LogP contribution in [-0.2, 0) is 9.47 Å². The predicted octanol–water partition coefficient (Wildman–Crippen LogP) is 4.90. The lowest BCUT2D eigenvalue weighted by atomic mass is 9.93. The van der Waals surface area contributed by atoms with Crippen LogP contribution in [0.4, 0.5) is 11.4 Å². The lowest BCUT2D eigenvalue weighted by Crippen LogP contribution is -2.45. The van der Waals surface area contributed by atoms with Crippen molar-refractivity contribution < 1.29 is 23.7 Å². The summed E-state index contributed by atoms with van der Waals surface area (Å²) in [5.74, 6) is 0.963. The van der Waals surface area contributed by atoms with E-state index in [1.807, 2.05) is 25.1 Å². The van der Waals surface area contributed by atoms with Crippen molar-refractivity contribution in [3.8, 4) is 22.8 Å². The molecule has 37 heavy (non-hydrogen) atoms. The molecule has 0 unspecified atom stereocenters. The van der Waals surface area contributed by atoms with E-state index in [4.69, 9.17) is 30.5 Å². The number of fused-ring (bicyclic) bond motifs is 1. The van der Waals surface area contributed by atoms with Gasteiger partial charge >= 0.3 is 0 Å². The first-order valence-electron chi connectivity index (χ1n) is 12.3. The van der Waals surface area contributed by atoms with Crippen LogP contribution in [0.2, 0.25) is 5.02 Å². The van der Waals surface area contributed by atoms with Crippen molar-refractivity contribution in [3.05, 3.63) is 52.9 Å². The monoisotopic (exact) mass is 526 g/mol. The third-order valence-electron chi connectivity index (χ3n) is 6.94. The molecular weight excluding hydrogens is 496 g/mol. The van der Waals surface area contributed by atoms with Crippen molar-refractivity contribution in [2.75, 3.05) is 45.9 Å². The first-order valence-corrected chi connectivity index (χ1v) is 12.7. The molecule has 9 nitrogen and oxygen atoms in total. The number of amides is 1. The van der Waals surface area contributed by atoms with Gasteiger partial charge in [0.2, 0.25) is 0 Å². The molecule has 196 valence electrons. The van der Waals surface area contributed by atoms with E-state index in [0.717, 1.165) is 30.7 Å². The lowest BCUT2D eigenvalue weighted by molar-refractivity contribution is -0.152. The number of halogens is 1. The predicted molar refractivity (Wildman–Crippen MR) is 141 cm³/mol. The highest BCUT2D eigenvalue weighted by Gasteiger charge is 2.36. The Kier molecular flexibility index (Phi) is 7.28. The number of H-pyrrole nitrogens is 1. The zero-order valence-electron chi connectivity index (χ0n) is 21.2. The van der Waals surface area contributed by atoms with Crippen LogP contribution in [0.25, 0.3) is 11.3 Å². The molecule has 0 bridgehead atoms. The van der Waals surface area contributed by atoms with Gasteiger partial charge in [-0.2, -0.15) is 0 Å². The number of methoxy groups -OCH3 is 2. The molecule has 2 aliphatic heterocycles. The third-order valence-corrected chi connectivity index (χ3v) is 7.24. The molecule has 0 radical (unpaired) electrons. The standard InChI is InChI=1S/C27H31ClN4O5/c1-27(9-12-37-27)15-36-20-14-29-10-7-17(20)23-24(31-19-6-4-5-18(28)25(19)35-3)21-22(32-23)16(8-11-34-2)13-30-26(21)33/h4-7,10,14,16,31-32H,8-9,11-13,15H2,1-3H3,(H,30,33)/t16-,27-/m1/s1. The van der Waals surface area contributed by atoms with Gasteiger partial charge in [-0.05, 0) is 31.5 Å². The molecule has 1 aromatic carbocycles. The fourth-order valence-electron chi connectivity index (χ4n) is 4.75. The minimum atomic E-state index is -0.317. The normalized spacial score (nSPS) is 20.5. The van der Waals surface area contributed by atoms with Gasteiger partial charge in [-0.1, -0.05) is 17.7 Å². The number of carbonyl (C=O) groups excluding carboxylic acids is 1. The summed E-state index contributed by atoms with van der Waals surface area (Å²) in [5, 5.41) is 6.93. The van der Waals surface area contributed by atoms with Gasteiger partial charge < -0.3 is 34.6 Å². The summed E-state index contributed by atoms with van der Waals surface area (Å²) in [4.78, 5) is 21.1. The molecule has 2 atom stereocenters. The molecule has 5 rings (SSSR count). The maximum atomic E-state index is 13.3. The Bertz CT molecular complexity index is 1290. The summed E-state index contributed by atoms with van der Waals surface area (Å²) in [5.41, 5.74) is 3.80. The zero-order valence-corrected chi connectivity index (χ0v) is 21.9. The van der Waals surface area contributed by atoms with E-state index in [1.54, 1.807) is 32.7 Å². The Hall–Kier alpha value is -3.27. The summed E-state index contributed by atoms with van der Waals surface area (Å²) in [6.45, 7) is 4.25. The molecule has 0 saturated carbocycles. The van der Waals surface area contributed by atoms with E-state index in [2.05, 4.69) is 20.6 Å². The molecule has 10 heteroatoms. The van der Waals surface area contributed by atoms with Crippen molar-refractivity contribution in [1.82, 2.24) is 15.3 Å². The van der Waals surface area contributed by atoms with Crippen LogP contribution < -0.4 is 20.1 Å². The third kappa shape index (κ3) is 4.99. The summed E-state index contributed by atoms with van der Waals surface area (Å²) in [7, 11) is 3.24. The number of hydrogen-bond acceptors (Lipinski definition) is 7. The molecule has 0 aliphatic carbocycles. The van der Waals surface area contributed by atoms with Gasteiger partial charge in [0.05, 0.1) is 47.6 Å². The quantitative estimate of drug-likeness (QED) is 0.345. The van der Waals surface area contributed by atoms with Gasteiger partial charge in [0.15, 0.2) is 5.75 Å². The van der Waals surface area contributed by atoms with E-state index in [0.29, 0.717) is 58.9 Å². The van der Waals surface area contributed by atoms with Crippen molar-refractivity contribution in [1.29, 1.82) is 0 Å². The van der Waals surface area contributed by atoms with Gasteiger partial charge in [0.25, 0.3) is 5.91 Å². The maximum Gasteiger partial charge on any atom is 0.255 e. The van der Waals surface area contributed by atoms with Crippen LogP contribution in [0, 0.1) is 0 Å². The Morgan fingerprint density at radius 2 is 2.14 bits per heavy atom. The SMILES string of the molecule is COCC[C@@H]1CNC(=O)c2c1[nH]c(-c1ccncc1OC[C@@]1(C)CCO1)c2Nc1cccc(Cl)c1OC. The Morgan fingerprint density at radius 3 is 2.86 bits per heavy atom. The van der Waals surface area contributed by atoms with Crippen LogP contribution in [0.5, 0.6) is 11.5 Å². The van der Waals surface area contributed by atoms with Crippen LogP contribution in [0.1, 0.15) is 41.7 Å². The maximum absolute atomic E-state index is 13.3. The number of carbonyl (C=O) groups is 1. The summed E-state index contributed by atoms with van der Waals surface area (Å²) >= 11 is 6.40. The van der Waals surface area contributed by atoms with Crippen LogP contribution in [0.15, 0.2) is 36.7 Å². The number of aromatic nitrogens is 2. The number of nitrogens with zero attached hydrogens (tertiary/aromatic N) is 1. The second kappa shape index (κ2) is 10.6. The minimum absolute atomic E-state index is 0.0525. The molecule has 1 saturated heterocycles.